The van der Waals surface area contributed by atoms with Crippen LogP contribution in [0.4, 0.5) is 0 Å². The zero-order chi connectivity index (χ0) is 12.7. The molecule has 0 heterocycles. The van der Waals surface area contributed by atoms with Crippen LogP contribution in [0.25, 0.3) is 0 Å². The van der Waals surface area contributed by atoms with E-state index in [-0.39, 0.29) is 11.3 Å². The SMILES string of the molecule is CSCCN(C)C(=O)C1(CN)CCCCCC1. The van der Waals surface area contributed by atoms with E-state index in [1.165, 1.54) is 12.8 Å². The molecule has 4 heteroatoms. The maximum atomic E-state index is 12.5. The van der Waals surface area contributed by atoms with E-state index in [9.17, 15) is 4.79 Å². The van der Waals surface area contributed by atoms with Crippen LogP contribution in [0, 0.1) is 5.41 Å². The van der Waals surface area contributed by atoms with Crippen LogP contribution in [0.2, 0.25) is 0 Å². The predicted molar refractivity (Wildman–Crippen MR) is 75.2 cm³/mol. The highest BCUT2D eigenvalue weighted by Gasteiger charge is 2.38. The lowest BCUT2D eigenvalue weighted by molar-refractivity contribution is -0.140. The number of amides is 1. The van der Waals surface area contributed by atoms with Crippen LogP contribution in [0.15, 0.2) is 0 Å². The van der Waals surface area contributed by atoms with E-state index in [1.54, 1.807) is 11.8 Å². The topological polar surface area (TPSA) is 46.3 Å². The second-order valence-corrected chi connectivity index (χ2v) is 6.10. The van der Waals surface area contributed by atoms with Gasteiger partial charge in [0, 0.05) is 25.9 Å². The van der Waals surface area contributed by atoms with Gasteiger partial charge in [-0.3, -0.25) is 4.79 Å². The molecule has 1 fully saturated rings. The van der Waals surface area contributed by atoms with Gasteiger partial charge in [-0.1, -0.05) is 25.7 Å². The van der Waals surface area contributed by atoms with Gasteiger partial charge in [0.2, 0.25) is 5.91 Å². The minimum Gasteiger partial charge on any atom is -0.344 e. The fraction of sp³-hybridized carbons (Fsp3) is 0.923. The van der Waals surface area contributed by atoms with Crippen LogP contribution in [-0.2, 0) is 4.79 Å². The second kappa shape index (κ2) is 7.27. The van der Waals surface area contributed by atoms with Gasteiger partial charge in [-0.05, 0) is 19.1 Å². The average molecular weight is 258 g/mol. The molecule has 2 N–H and O–H groups in total. The number of nitrogens with two attached hydrogens (primary N) is 1. The molecule has 1 rings (SSSR count). The molecule has 0 aromatic carbocycles. The molecule has 1 saturated carbocycles. The molecule has 3 nitrogen and oxygen atoms in total. The summed E-state index contributed by atoms with van der Waals surface area (Å²) in [5.74, 6) is 1.28. The molecular weight excluding hydrogens is 232 g/mol. The maximum Gasteiger partial charge on any atom is 0.229 e. The van der Waals surface area contributed by atoms with Crippen LogP contribution in [0.3, 0.4) is 0 Å². The molecular formula is C13H26N2OS. The van der Waals surface area contributed by atoms with Crippen LogP contribution < -0.4 is 5.73 Å². The highest BCUT2D eigenvalue weighted by molar-refractivity contribution is 7.98. The summed E-state index contributed by atoms with van der Waals surface area (Å²) in [5, 5.41) is 0. The second-order valence-electron chi connectivity index (χ2n) is 5.12. The fourth-order valence-corrected chi connectivity index (χ4v) is 3.10. The van der Waals surface area contributed by atoms with Crippen molar-refractivity contribution in [2.45, 2.75) is 38.5 Å². The van der Waals surface area contributed by atoms with Crippen molar-refractivity contribution < 1.29 is 4.79 Å². The van der Waals surface area contributed by atoms with Gasteiger partial charge in [-0.15, -0.1) is 0 Å². The molecule has 0 atom stereocenters. The van der Waals surface area contributed by atoms with Crippen molar-refractivity contribution >= 4 is 17.7 Å². The first-order chi connectivity index (χ1) is 8.16. The highest BCUT2D eigenvalue weighted by atomic mass is 32.2. The van der Waals surface area contributed by atoms with E-state index < -0.39 is 0 Å². The molecule has 0 saturated heterocycles. The van der Waals surface area contributed by atoms with Crippen molar-refractivity contribution in [1.29, 1.82) is 0 Å². The Hall–Kier alpha value is -0.220. The van der Waals surface area contributed by atoms with Crippen molar-refractivity contribution in [1.82, 2.24) is 4.90 Å². The van der Waals surface area contributed by atoms with E-state index in [0.29, 0.717) is 6.54 Å². The number of thioether (sulfide) groups is 1. The van der Waals surface area contributed by atoms with Crippen molar-refractivity contribution in [3.05, 3.63) is 0 Å². The number of nitrogens with zero attached hydrogens (tertiary/aromatic N) is 1. The Balaban J connectivity index is 2.66. The average Bonchev–Trinajstić information content (AvgIpc) is 2.61. The Bertz CT molecular complexity index is 238. The summed E-state index contributed by atoms with van der Waals surface area (Å²) in [5.41, 5.74) is 5.66. The van der Waals surface area contributed by atoms with Gasteiger partial charge in [-0.25, -0.2) is 0 Å². The van der Waals surface area contributed by atoms with Crippen molar-refractivity contribution in [2.75, 3.05) is 32.1 Å². The summed E-state index contributed by atoms with van der Waals surface area (Å²) < 4.78 is 0. The number of carbonyl (C=O) groups excluding carboxylic acids is 1. The molecule has 0 spiro atoms. The third kappa shape index (κ3) is 3.88. The molecule has 0 unspecified atom stereocenters. The molecule has 17 heavy (non-hydrogen) atoms. The van der Waals surface area contributed by atoms with E-state index in [1.807, 2.05) is 11.9 Å². The van der Waals surface area contributed by atoms with Gasteiger partial charge in [0.05, 0.1) is 5.41 Å². The van der Waals surface area contributed by atoms with E-state index in [4.69, 9.17) is 5.73 Å². The van der Waals surface area contributed by atoms with Crippen molar-refractivity contribution in [3.63, 3.8) is 0 Å². The summed E-state index contributed by atoms with van der Waals surface area (Å²) in [4.78, 5) is 14.4. The van der Waals surface area contributed by atoms with Crippen molar-refractivity contribution in [2.24, 2.45) is 11.1 Å². The van der Waals surface area contributed by atoms with Crippen LogP contribution >= 0.6 is 11.8 Å². The Morgan fingerprint density at radius 1 is 1.29 bits per heavy atom. The molecule has 0 bridgehead atoms. The van der Waals surface area contributed by atoms with E-state index >= 15 is 0 Å². The Morgan fingerprint density at radius 3 is 2.35 bits per heavy atom. The molecule has 0 aromatic heterocycles. The molecule has 1 aliphatic carbocycles. The first-order valence-electron chi connectivity index (χ1n) is 6.61. The molecule has 1 aliphatic rings. The number of hydrogen-bond donors (Lipinski definition) is 1. The monoisotopic (exact) mass is 258 g/mol. The van der Waals surface area contributed by atoms with Crippen molar-refractivity contribution in [3.8, 4) is 0 Å². The lowest BCUT2D eigenvalue weighted by Gasteiger charge is -2.34. The minimum absolute atomic E-state index is 0.260. The first kappa shape index (κ1) is 14.8. The molecule has 0 radical (unpaired) electrons. The Labute approximate surface area is 109 Å². The summed E-state index contributed by atoms with van der Waals surface area (Å²) in [6.45, 7) is 1.34. The third-order valence-electron chi connectivity index (χ3n) is 3.88. The van der Waals surface area contributed by atoms with Gasteiger partial charge in [-0.2, -0.15) is 11.8 Å². The summed E-state index contributed by atoms with van der Waals surface area (Å²) in [7, 11) is 1.92. The lowest BCUT2D eigenvalue weighted by atomic mass is 9.79. The largest absolute Gasteiger partial charge is 0.344 e. The zero-order valence-corrected chi connectivity index (χ0v) is 12.0. The standard InChI is InChI=1S/C13H26N2OS/c1-15(9-10-17-2)12(16)13(11-14)7-5-3-4-6-8-13/h3-11,14H2,1-2H3. The zero-order valence-electron chi connectivity index (χ0n) is 11.2. The van der Waals surface area contributed by atoms with E-state index in [2.05, 4.69) is 6.26 Å². The van der Waals surface area contributed by atoms with Crippen LogP contribution in [-0.4, -0.2) is 43.0 Å². The number of carbonyl (C=O) groups is 1. The van der Waals surface area contributed by atoms with Gasteiger partial charge in [0.25, 0.3) is 0 Å². The quantitative estimate of drug-likeness (QED) is 0.768. The van der Waals surface area contributed by atoms with Crippen LogP contribution in [0.5, 0.6) is 0 Å². The molecule has 100 valence electrons. The fourth-order valence-electron chi connectivity index (χ4n) is 2.65. The smallest absolute Gasteiger partial charge is 0.229 e. The van der Waals surface area contributed by atoms with Crippen LogP contribution in [0.1, 0.15) is 38.5 Å². The maximum absolute atomic E-state index is 12.5. The van der Waals surface area contributed by atoms with Gasteiger partial charge in [0.15, 0.2) is 0 Å². The molecule has 0 aliphatic heterocycles. The summed E-state index contributed by atoms with van der Waals surface area (Å²) >= 11 is 1.78. The summed E-state index contributed by atoms with van der Waals surface area (Å²) in [6.07, 6.45) is 8.84. The first-order valence-corrected chi connectivity index (χ1v) is 8.00. The highest BCUT2D eigenvalue weighted by Crippen LogP contribution is 2.35. The number of rotatable bonds is 5. The van der Waals surface area contributed by atoms with Gasteiger partial charge < -0.3 is 10.6 Å². The Kier molecular flexibility index (Phi) is 6.34. The predicted octanol–water partition coefficient (Wildman–Crippen LogP) is 2.11. The third-order valence-corrected chi connectivity index (χ3v) is 4.47. The molecule has 1 amide bonds. The van der Waals surface area contributed by atoms with Gasteiger partial charge in [0.1, 0.15) is 0 Å². The molecule has 0 aromatic rings. The van der Waals surface area contributed by atoms with Gasteiger partial charge >= 0.3 is 0 Å². The number of hydrogen-bond acceptors (Lipinski definition) is 3. The lowest BCUT2D eigenvalue weighted by Crippen LogP contribution is -2.47. The Morgan fingerprint density at radius 2 is 1.88 bits per heavy atom. The minimum atomic E-state index is -0.260. The van der Waals surface area contributed by atoms with E-state index in [0.717, 1.165) is 38.0 Å². The summed E-state index contributed by atoms with van der Waals surface area (Å²) in [6, 6.07) is 0. The normalized spacial score (nSPS) is 19.7.